The Morgan fingerprint density at radius 3 is 2.82 bits per heavy atom. The van der Waals surface area contributed by atoms with Gasteiger partial charge in [-0.2, -0.15) is 5.26 Å². The summed E-state index contributed by atoms with van der Waals surface area (Å²) in [6, 6.07) is 6.63. The molecular formula is C15H17N3O4. The fourth-order valence-electron chi connectivity index (χ4n) is 2.24. The van der Waals surface area contributed by atoms with Crippen LogP contribution in [-0.2, 0) is 4.79 Å². The Hall–Kier alpha value is -2.62. The quantitative estimate of drug-likeness (QED) is 0.640. The number of hydrogen-bond acceptors (Lipinski definition) is 5. The molecule has 1 unspecified atom stereocenters. The number of rotatable bonds is 6. The highest BCUT2D eigenvalue weighted by Crippen LogP contribution is 2.39. The number of nitro groups is 1. The van der Waals surface area contributed by atoms with Crippen LogP contribution in [-0.4, -0.2) is 23.0 Å². The second-order valence-electron chi connectivity index (χ2n) is 5.65. The smallest absolute Gasteiger partial charge is 0.311 e. The maximum atomic E-state index is 11.9. The number of nitriles is 1. The van der Waals surface area contributed by atoms with E-state index in [0.29, 0.717) is 0 Å². The first-order valence-electron chi connectivity index (χ1n) is 6.96. The highest BCUT2D eigenvalue weighted by Gasteiger charge is 2.43. The van der Waals surface area contributed by atoms with Gasteiger partial charge in [-0.1, -0.05) is 6.07 Å². The van der Waals surface area contributed by atoms with Gasteiger partial charge in [0.25, 0.3) is 5.91 Å². The van der Waals surface area contributed by atoms with E-state index in [4.69, 9.17) is 4.74 Å². The van der Waals surface area contributed by atoms with Gasteiger partial charge >= 0.3 is 5.69 Å². The van der Waals surface area contributed by atoms with Crippen LogP contribution in [0.2, 0.25) is 0 Å². The molecule has 0 spiro atoms. The molecule has 116 valence electrons. The number of benzene rings is 1. The summed E-state index contributed by atoms with van der Waals surface area (Å²) in [6.07, 6.45) is 1.82. The zero-order chi connectivity index (χ0) is 16.3. The van der Waals surface area contributed by atoms with E-state index in [-0.39, 0.29) is 24.0 Å². The van der Waals surface area contributed by atoms with Crippen LogP contribution in [0.4, 0.5) is 5.69 Å². The number of carbonyl (C=O) groups excluding carboxylic acids is 1. The van der Waals surface area contributed by atoms with Crippen molar-refractivity contribution in [1.82, 2.24) is 5.32 Å². The van der Waals surface area contributed by atoms with Crippen LogP contribution in [0.1, 0.15) is 25.3 Å². The van der Waals surface area contributed by atoms with Crippen molar-refractivity contribution in [2.24, 2.45) is 5.92 Å². The first-order chi connectivity index (χ1) is 10.4. The van der Waals surface area contributed by atoms with Crippen molar-refractivity contribution in [3.05, 3.63) is 33.9 Å². The van der Waals surface area contributed by atoms with Gasteiger partial charge in [-0.05, 0) is 44.2 Å². The molecule has 1 N–H and O–H groups in total. The summed E-state index contributed by atoms with van der Waals surface area (Å²) in [4.78, 5) is 22.3. The molecular weight excluding hydrogens is 286 g/mol. The van der Waals surface area contributed by atoms with E-state index in [9.17, 15) is 20.2 Å². The third-order valence-electron chi connectivity index (χ3n) is 3.70. The molecule has 1 atom stereocenters. The van der Waals surface area contributed by atoms with E-state index in [1.165, 1.54) is 12.1 Å². The Balaban J connectivity index is 2.00. The third-order valence-corrected chi connectivity index (χ3v) is 3.70. The van der Waals surface area contributed by atoms with E-state index < -0.39 is 16.4 Å². The molecule has 0 aromatic heterocycles. The first kappa shape index (κ1) is 15.8. The SMILES string of the molecule is Cc1ccc(OCC(=O)NC(C)(C#N)C2CC2)c([N+](=O)[O-])c1. The lowest BCUT2D eigenvalue weighted by Crippen LogP contribution is -2.48. The molecule has 1 fully saturated rings. The number of ether oxygens (including phenoxy) is 1. The number of hydrogen-bond donors (Lipinski definition) is 1. The largest absolute Gasteiger partial charge is 0.477 e. The second-order valence-corrected chi connectivity index (χ2v) is 5.65. The Kier molecular flexibility index (Phi) is 4.31. The van der Waals surface area contributed by atoms with Gasteiger partial charge in [0.05, 0.1) is 11.0 Å². The molecule has 22 heavy (non-hydrogen) atoms. The predicted octanol–water partition coefficient (Wildman–Crippen LogP) is 2.09. The second kappa shape index (κ2) is 6.02. The molecule has 1 aliphatic carbocycles. The van der Waals surface area contributed by atoms with Gasteiger partial charge in [-0.3, -0.25) is 14.9 Å². The van der Waals surface area contributed by atoms with Crippen LogP contribution in [0.25, 0.3) is 0 Å². The van der Waals surface area contributed by atoms with Gasteiger partial charge in [0.15, 0.2) is 12.4 Å². The summed E-state index contributed by atoms with van der Waals surface area (Å²) >= 11 is 0. The summed E-state index contributed by atoms with van der Waals surface area (Å²) in [5.74, 6) is -0.267. The lowest BCUT2D eigenvalue weighted by atomic mass is 9.98. The maximum Gasteiger partial charge on any atom is 0.311 e. The van der Waals surface area contributed by atoms with Crippen LogP contribution >= 0.6 is 0 Å². The van der Waals surface area contributed by atoms with Crippen LogP contribution in [0.15, 0.2) is 18.2 Å². The summed E-state index contributed by atoms with van der Waals surface area (Å²) < 4.78 is 5.24. The molecule has 1 aromatic rings. The highest BCUT2D eigenvalue weighted by atomic mass is 16.6. The predicted molar refractivity (Wildman–Crippen MR) is 78.2 cm³/mol. The fraction of sp³-hybridized carbons (Fsp3) is 0.467. The minimum Gasteiger partial charge on any atom is -0.477 e. The molecule has 0 bridgehead atoms. The van der Waals surface area contributed by atoms with Gasteiger partial charge in [0, 0.05) is 6.07 Å². The van der Waals surface area contributed by atoms with E-state index in [0.717, 1.165) is 18.4 Å². The van der Waals surface area contributed by atoms with E-state index in [1.54, 1.807) is 19.9 Å². The maximum absolute atomic E-state index is 11.9. The highest BCUT2D eigenvalue weighted by molar-refractivity contribution is 5.79. The van der Waals surface area contributed by atoms with Crippen molar-refractivity contribution >= 4 is 11.6 Å². The van der Waals surface area contributed by atoms with Crippen molar-refractivity contribution in [2.45, 2.75) is 32.2 Å². The number of nitro benzene ring substituents is 1. The van der Waals surface area contributed by atoms with E-state index >= 15 is 0 Å². The van der Waals surface area contributed by atoms with E-state index in [1.807, 2.05) is 0 Å². The molecule has 0 radical (unpaired) electrons. The topological polar surface area (TPSA) is 105 Å². The molecule has 1 aliphatic rings. The number of aryl methyl sites for hydroxylation is 1. The standard InChI is InChI=1S/C15H17N3O4/c1-10-3-6-13(12(7-10)18(20)21)22-8-14(19)17-15(2,9-16)11-4-5-11/h3,6-7,11H,4-5,8H2,1-2H3,(H,17,19). The minimum atomic E-state index is -0.903. The third kappa shape index (κ3) is 3.52. The Labute approximate surface area is 128 Å². The molecule has 1 saturated carbocycles. The molecule has 0 saturated heterocycles. The molecule has 2 rings (SSSR count). The lowest BCUT2D eigenvalue weighted by molar-refractivity contribution is -0.385. The van der Waals surface area contributed by atoms with Crippen LogP contribution in [0.5, 0.6) is 5.75 Å². The summed E-state index contributed by atoms with van der Waals surface area (Å²) in [6.45, 7) is 3.04. The van der Waals surface area contributed by atoms with Crippen LogP contribution in [0, 0.1) is 34.3 Å². The van der Waals surface area contributed by atoms with Gasteiger partial charge in [0.2, 0.25) is 0 Å². The molecule has 0 aliphatic heterocycles. The first-order valence-corrected chi connectivity index (χ1v) is 6.96. The summed E-state index contributed by atoms with van der Waals surface area (Å²) in [7, 11) is 0. The van der Waals surface area contributed by atoms with Crippen molar-refractivity contribution in [1.29, 1.82) is 5.26 Å². The molecule has 7 nitrogen and oxygen atoms in total. The molecule has 0 heterocycles. The number of amides is 1. The normalized spacial score (nSPS) is 16.2. The van der Waals surface area contributed by atoms with Crippen molar-refractivity contribution < 1.29 is 14.5 Å². The summed E-state index contributed by atoms with van der Waals surface area (Å²) in [5, 5.41) is 22.8. The average molecular weight is 303 g/mol. The number of nitrogens with zero attached hydrogens (tertiary/aromatic N) is 2. The molecule has 1 amide bonds. The number of carbonyl (C=O) groups is 1. The Morgan fingerprint density at radius 2 is 2.27 bits per heavy atom. The molecule has 1 aromatic carbocycles. The molecule has 7 heteroatoms. The number of nitrogens with one attached hydrogen (secondary N) is 1. The average Bonchev–Trinajstić information content (AvgIpc) is 3.30. The fourth-order valence-corrected chi connectivity index (χ4v) is 2.24. The van der Waals surface area contributed by atoms with Crippen molar-refractivity contribution in [3.63, 3.8) is 0 Å². The van der Waals surface area contributed by atoms with Crippen molar-refractivity contribution in [3.8, 4) is 11.8 Å². The van der Waals surface area contributed by atoms with Crippen LogP contribution < -0.4 is 10.1 Å². The monoisotopic (exact) mass is 303 g/mol. The zero-order valence-corrected chi connectivity index (χ0v) is 12.5. The van der Waals surface area contributed by atoms with Gasteiger partial charge in [0.1, 0.15) is 5.54 Å². The van der Waals surface area contributed by atoms with Gasteiger partial charge < -0.3 is 10.1 Å². The lowest BCUT2D eigenvalue weighted by Gasteiger charge is -2.22. The van der Waals surface area contributed by atoms with Crippen LogP contribution in [0.3, 0.4) is 0 Å². The van der Waals surface area contributed by atoms with E-state index in [2.05, 4.69) is 11.4 Å². The Bertz CT molecular complexity index is 649. The summed E-state index contributed by atoms with van der Waals surface area (Å²) in [5.41, 5.74) is -0.355. The van der Waals surface area contributed by atoms with Gasteiger partial charge in [-0.15, -0.1) is 0 Å². The van der Waals surface area contributed by atoms with Gasteiger partial charge in [-0.25, -0.2) is 0 Å². The minimum absolute atomic E-state index is 0.0378. The zero-order valence-electron chi connectivity index (χ0n) is 12.5. The van der Waals surface area contributed by atoms with Crippen molar-refractivity contribution in [2.75, 3.05) is 6.61 Å². The Morgan fingerprint density at radius 1 is 1.59 bits per heavy atom.